The van der Waals surface area contributed by atoms with E-state index in [0.717, 1.165) is 5.56 Å². The Bertz CT molecular complexity index is 1020. The van der Waals surface area contributed by atoms with Crippen LogP contribution in [-0.2, 0) is 9.53 Å². The molecule has 0 aliphatic rings. The lowest BCUT2D eigenvalue weighted by Gasteiger charge is -2.11. The molecule has 0 bridgehead atoms. The largest absolute Gasteiger partial charge is 0.452 e. The molecule has 31 heavy (non-hydrogen) atoms. The molecule has 0 aliphatic heterocycles. The molecule has 3 amide bonds. The number of carbonyl (C=O) groups excluding carboxylic acids is 4. The number of rotatable bonds is 6. The molecular formula is C21H19F3N2O5. The second kappa shape index (κ2) is 9.88. The molecule has 0 spiro atoms. The predicted octanol–water partition coefficient (Wildman–Crippen LogP) is 3.08. The Kier molecular flexibility index (Phi) is 7.51. The van der Waals surface area contributed by atoms with Crippen molar-refractivity contribution in [2.24, 2.45) is 0 Å². The monoisotopic (exact) mass is 436 g/mol. The van der Waals surface area contributed by atoms with Crippen molar-refractivity contribution < 1.29 is 37.1 Å². The average molecular weight is 436 g/mol. The summed E-state index contributed by atoms with van der Waals surface area (Å²) in [5.74, 6) is -2.55. The molecule has 0 heterocycles. The van der Waals surface area contributed by atoms with E-state index in [1.54, 1.807) is 30.4 Å². The first-order valence-corrected chi connectivity index (χ1v) is 9.00. The van der Waals surface area contributed by atoms with Crippen molar-refractivity contribution in [2.75, 3.05) is 13.2 Å². The van der Waals surface area contributed by atoms with E-state index in [-0.39, 0.29) is 11.1 Å². The van der Waals surface area contributed by atoms with Gasteiger partial charge in [0.25, 0.3) is 5.91 Å². The number of ether oxygens (including phenoxy) is 1. The third-order valence-electron chi connectivity index (χ3n) is 4.07. The van der Waals surface area contributed by atoms with Gasteiger partial charge in [0, 0.05) is 11.1 Å². The van der Waals surface area contributed by atoms with Crippen molar-refractivity contribution in [3.8, 4) is 0 Å². The fraction of sp³-hybridized carbons (Fsp3) is 0.238. The highest BCUT2D eigenvalue weighted by molar-refractivity contribution is 6.15. The highest BCUT2D eigenvalue weighted by atomic mass is 19.4. The van der Waals surface area contributed by atoms with Crippen LogP contribution in [0, 0.1) is 13.8 Å². The van der Waals surface area contributed by atoms with Crippen LogP contribution in [0.4, 0.5) is 18.0 Å². The van der Waals surface area contributed by atoms with Crippen LogP contribution in [0.15, 0.2) is 42.5 Å². The number of esters is 1. The van der Waals surface area contributed by atoms with Crippen LogP contribution in [0.1, 0.15) is 37.4 Å². The minimum absolute atomic E-state index is 0.0597. The number of carbonyl (C=O) groups is 4. The molecule has 7 nitrogen and oxygen atoms in total. The van der Waals surface area contributed by atoms with Crippen molar-refractivity contribution in [1.82, 2.24) is 10.6 Å². The molecule has 164 valence electrons. The van der Waals surface area contributed by atoms with Gasteiger partial charge in [-0.15, -0.1) is 0 Å². The fourth-order valence-electron chi connectivity index (χ4n) is 2.58. The molecule has 2 N–H and O–H groups in total. The number of aryl methyl sites for hydroxylation is 2. The zero-order valence-corrected chi connectivity index (χ0v) is 16.6. The SMILES string of the molecule is Cc1ccc(C)c(C(=O)c2ccccc2C(=O)OCC(=O)NC(=O)NCC(F)(F)F)c1. The highest BCUT2D eigenvalue weighted by Gasteiger charge is 2.28. The summed E-state index contributed by atoms with van der Waals surface area (Å²) in [6.45, 7) is 1.02. The second-order valence-electron chi connectivity index (χ2n) is 6.62. The molecule has 10 heteroatoms. The molecule has 0 atom stereocenters. The van der Waals surface area contributed by atoms with E-state index >= 15 is 0 Å². The Labute approximate surface area is 175 Å². The van der Waals surface area contributed by atoms with Crippen molar-refractivity contribution >= 4 is 23.7 Å². The van der Waals surface area contributed by atoms with Crippen LogP contribution in [0.5, 0.6) is 0 Å². The zero-order valence-electron chi connectivity index (χ0n) is 16.6. The first kappa shape index (κ1) is 23.6. The van der Waals surface area contributed by atoms with E-state index in [4.69, 9.17) is 4.74 Å². The third-order valence-corrected chi connectivity index (χ3v) is 4.07. The summed E-state index contributed by atoms with van der Waals surface area (Å²) in [6, 6.07) is 9.76. The van der Waals surface area contributed by atoms with Crippen LogP contribution in [0.25, 0.3) is 0 Å². The van der Waals surface area contributed by atoms with E-state index < -0.39 is 43.0 Å². The van der Waals surface area contributed by atoms with Crippen LogP contribution >= 0.6 is 0 Å². The predicted molar refractivity (Wildman–Crippen MR) is 104 cm³/mol. The maximum absolute atomic E-state index is 12.9. The number of ketones is 1. The number of benzene rings is 2. The number of imide groups is 1. The number of hydrogen-bond donors (Lipinski definition) is 2. The number of alkyl halides is 3. The topological polar surface area (TPSA) is 102 Å². The number of nitrogens with one attached hydrogen (secondary N) is 2. The number of hydrogen-bond acceptors (Lipinski definition) is 5. The first-order chi connectivity index (χ1) is 14.5. The summed E-state index contributed by atoms with van der Waals surface area (Å²) in [7, 11) is 0. The van der Waals surface area contributed by atoms with Gasteiger partial charge in [0.2, 0.25) is 0 Å². The van der Waals surface area contributed by atoms with Gasteiger partial charge in [0.1, 0.15) is 6.54 Å². The lowest BCUT2D eigenvalue weighted by molar-refractivity contribution is -0.125. The maximum atomic E-state index is 12.9. The number of halogens is 3. The van der Waals surface area contributed by atoms with Gasteiger partial charge >= 0.3 is 18.2 Å². The van der Waals surface area contributed by atoms with Gasteiger partial charge in [0.15, 0.2) is 12.4 Å². The Morgan fingerprint density at radius 1 is 0.935 bits per heavy atom. The second-order valence-corrected chi connectivity index (χ2v) is 6.62. The van der Waals surface area contributed by atoms with Gasteiger partial charge in [-0.2, -0.15) is 13.2 Å². The van der Waals surface area contributed by atoms with Gasteiger partial charge in [-0.3, -0.25) is 14.9 Å². The molecule has 0 saturated carbocycles. The number of amides is 3. The highest BCUT2D eigenvalue weighted by Crippen LogP contribution is 2.19. The molecule has 0 aromatic heterocycles. The van der Waals surface area contributed by atoms with E-state index in [1.807, 2.05) is 13.0 Å². The Morgan fingerprint density at radius 2 is 1.58 bits per heavy atom. The van der Waals surface area contributed by atoms with Crippen LogP contribution in [0.2, 0.25) is 0 Å². The molecular weight excluding hydrogens is 417 g/mol. The van der Waals surface area contributed by atoms with E-state index in [9.17, 15) is 32.3 Å². The minimum Gasteiger partial charge on any atom is -0.452 e. The standard InChI is InChI=1S/C21H19F3N2O5/c1-12-7-8-13(2)16(9-12)18(28)14-5-3-4-6-15(14)19(29)31-10-17(27)26-20(30)25-11-21(22,23)24/h3-9H,10-11H2,1-2H3,(H2,25,26,27,30). The van der Waals surface area contributed by atoms with E-state index in [2.05, 4.69) is 0 Å². The van der Waals surface area contributed by atoms with E-state index in [0.29, 0.717) is 11.1 Å². The molecule has 0 fully saturated rings. The molecule has 2 aromatic carbocycles. The van der Waals surface area contributed by atoms with Gasteiger partial charge in [0.05, 0.1) is 5.56 Å². The van der Waals surface area contributed by atoms with Gasteiger partial charge in [-0.1, -0.05) is 35.9 Å². The lowest BCUT2D eigenvalue weighted by atomic mass is 9.94. The molecule has 0 saturated heterocycles. The summed E-state index contributed by atoms with van der Waals surface area (Å²) in [5, 5.41) is 3.05. The van der Waals surface area contributed by atoms with Crippen molar-refractivity contribution in [1.29, 1.82) is 0 Å². The Balaban J connectivity index is 2.05. The fourth-order valence-corrected chi connectivity index (χ4v) is 2.58. The zero-order chi connectivity index (χ0) is 23.2. The maximum Gasteiger partial charge on any atom is 0.405 e. The smallest absolute Gasteiger partial charge is 0.405 e. The minimum atomic E-state index is -4.64. The van der Waals surface area contributed by atoms with Crippen molar-refractivity contribution in [3.05, 3.63) is 70.3 Å². The molecule has 0 unspecified atom stereocenters. The summed E-state index contributed by atoms with van der Waals surface area (Å²) in [4.78, 5) is 48.2. The molecule has 2 aromatic rings. The Hall–Kier alpha value is -3.69. The normalized spacial score (nSPS) is 10.9. The van der Waals surface area contributed by atoms with Crippen LogP contribution in [-0.4, -0.2) is 43.0 Å². The third kappa shape index (κ3) is 6.95. The summed E-state index contributed by atoms with van der Waals surface area (Å²) < 4.78 is 40.9. The van der Waals surface area contributed by atoms with E-state index in [1.165, 1.54) is 23.5 Å². The molecule has 0 aliphatic carbocycles. The molecule has 0 radical (unpaired) electrons. The lowest BCUT2D eigenvalue weighted by Crippen LogP contribution is -2.44. The molecule has 2 rings (SSSR count). The summed E-state index contributed by atoms with van der Waals surface area (Å²) >= 11 is 0. The van der Waals surface area contributed by atoms with Gasteiger partial charge in [-0.25, -0.2) is 9.59 Å². The summed E-state index contributed by atoms with van der Waals surface area (Å²) in [6.07, 6.45) is -4.64. The Morgan fingerprint density at radius 3 is 2.23 bits per heavy atom. The van der Waals surface area contributed by atoms with Crippen molar-refractivity contribution in [3.63, 3.8) is 0 Å². The van der Waals surface area contributed by atoms with Crippen LogP contribution < -0.4 is 10.6 Å². The quantitative estimate of drug-likeness (QED) is 0.535. The van der Waals surface area contributed by atoms with Gasteiger partial charge < -0.3 is 10.1 Å². The van der Waals surface area contributed by atoms with Crippen molar-refractivity contribution in [2.45, 2.75) is 20.0 Å². The van der Waals surface area contributed by atoms with Gasteiger partial charge in [-0.05, 0) is 31.5 Å². The average Bonchev–Trinajstić information content (AvgIpc) is 2.71. The summed E-state index contributed by atoms with van der Waals surface area (Å²) in [5.41, 5.74) is 1.93. The number of urea groups is 1. The van der Waals surface area contributed by atoms with Crippen LogP contribution in [0.3, 0.4) is 0 Å². The first-order valence-electron chi connectivity index (χ1n) is 9.00.